The molecule has 0 aliphatic carbocycles. The van der Waals surface area contributed by atoms with E-state index in [0.717, 1.165) is 38.2 Å². The number of nitrogens with one attached hydrogen (secondary N) is 1. The molecule has 1 aromatic heterocycles. The third-order valence-corrected chi connectivity index (χ3v) is 4.18. The number of likely N-dealkylation sites (tertiary alicyclic amines) is 1. The third kappa shape index (κ3) is 2.59. The zero-order valence-electron chi connectivity index (χ0n) is 12.6. The van der Waals surface area contributed by atoms with Gasteiger partial charge in [-0.2, -0.15) is 0 Å². The first-order valence-corrected chi connectivity index (χ1v) is 7.50. The van der Waals surface area contributed by atoms with Crippen molar-refractivity contribution < 1.29 is 4.79 Å². The van der Waals surface area contributed by atoms with E-state index in [0.29, 0.717) is 23.7 Å². The number of fused-ring (bicyclic) bond motifs is 1. The minimum Gasteiger partial charge on any atom is -0.345 e. The van der Waals surface area contributed by atoms with E-state index in [2.05, 4.69) is 40.5 Å². The van der Waals surface area contributed by atoms with Crippen LogP contribution in [0.15, 0.2) is 6.33 Å². The van der Waals surface area contributed by atoms with Crippen LogP contribution >= 0.6 is 0 Å². The van der Waals surface area contributed by atoms with Crippen molar-refractivity contribution >= 4 is 5.91 Å². The molecule has 0 unspecified atom stereocenters. The first kappa shape index (κ1) is 13.6. The Kier molecular flexibility index (Phi) is 3.32. The van der Waals surface area contributed by atoms with Crippen LogP contribution in [0.4, 0.5) is 0 Å². The van der Waals surface area contributed by atoms with Gasteiger partial charge >= 0.3 is 0 Å². The van der Waals surface area contributed by atoms with Crippen LogP contribution in [-0.4, -0.2) is 40.0 Å². The summed E-state index contributed by atoms with van der Waals surface area (Å²) in [7, 11) is 0. The van der Waals surface area contributed by atoms with E-state index < -0.39 is 0 Å². The SMILES string of the molecule is CC(C)(C)CN1CCC(n2cnc3c2CNC3=O)CC1. The standard InChI is InChI=1S/C15H24N4O/c1-15(2,3)9-18-6-4-11(5-7-18)19-10-17-13-12(19)8-16-14(13)20/h10-11H,4-9H2,1-3H3,(H,16,20). The number of hydrogen-bond donors (Lipinski definition) is 1. The zero-order chi connectivity index (χ0) is 14.3. The van der Waals surface area contributed by atoms with Crippen molar-refractivity contribution in [1.82, 2.24) is 19.8 Å². The quantitative estimate of drug-likeness (QED) is 0.896. The molecule has 110 valence electrons. The van der Waals surface area contributed by atoms with Gasteiger partial charge in [0.15, 0.2) is 5.69 Å². The number of piperidine rings is 1. The number of aromatic nitrogens is 2. The van der Waals surface area contributed by atoms with Crippen LogP contribution in [0.3, 0.4) is 0 Å². The predicted molar refractivity (Wildman–Crippen MR) is 77.6 cm³/mol. The molecule has 2 aliphatic heterocycles. The molecule has 1 N–H and O–H groups in total. The molecule has 3 heterocycles. The van der Waals surface area contributed by atoms with Crippen molar-refractivity contribution in [3.63, 3.8) is 0 Å². The van der Waals surface area contributed by atoms with Crippen molar-refractivity contribution in [2.24, 2.45) is 5.41 Å². The Labute approximate surface area is 120 Å². The minimum atomic E-state index is -0.0241. The van der Waals surface area contributed by atoms with Gasteiger partial charge < -0.3 is 14.8 Å². The fourth-order valence-corrected chi connectivity index (χ4v) is 3.34. The van der Waals surface area contributed by atoms with Gasteiger partial charge in [0.25, 0.3) is 5.91 Å². The highest BCUT2D eigenvalue weighted by Gasteiger charge is 2.29. The predicted octanol–water partition coefficient (Wildman–Crippen LogP) is 1.81. The van der Waals surface area contributed by atoms with E-state index in [1.54, 1.807) is 0 Å². The summed E-state index contributed by atoms with van der Waals surface area (Å²) in [6.07, 6.45) is 4.15. The van der Waals surface area contributed by atoms with Crippen molar-refractivity contribution in [2.45, 2.75) is 46.2 Å². The molecule has 1 amide bonds. The number of rotatable bonds is 2. The van der Waals surface area contributed by atoms with E-state index in [1.807, 2.05) is 6.33 Å². The summed E-state index contributed by atoms with van der Waals surface area (Å²) in [5.74, 6) is -0.0241. The van der Waals surface area contributed by atoms with Gasteiger partial charge in [-0.15, -0.1) is 0 Å². The van der Waals surface area contributed by atoms with Crippen molar-refractivity contribution in [2.75, 3.05) is 19.6 Å². The molecule has 5 heteroatoms. The molecular formula is C15H24N4O. The Bertz CT molecular complexity index is 506. The number of carbonyl (C=O) groups is 1. The van der Waals surface area contributed by atoms with Crippen LogP contribution in [0, 0.1) is 5.41 Å². The molecule has 0 aromatic carbocycles. The van der Waals surface area contributed by atoms with Gasteiger partial charge in [-0.1, -0.05) is 20.8 Å². The lowest BCUT2D eigenvalue weighted by Crippen LogP contribution is -2.39. The summed E-state index contributed by atoms with van der Waals surface area (Å²) in [5, 5.41) is 2.85. The maximum Gasteiger partial charge on any atom is 0.272 e. The van der Waals surface area contributed by atoms with Gasteiger partial charge in [-0.05, 0) is 18.3 Å². The van der Waals surface area contributed by atoms with E-state index in [-0.39, 0.29) is 5.91 Å². The van der Waals surface area contributed by atoms with Crippen LogP contribution in [0.5, 0.6) is 0 Å². The molecule has 1 fully saturated rings. The monoisotopic (exact) mass is 276 g/mol. The Morgan fingerprint density at radius 2 is 2.05 bits per heavy atom. The maximum absolute atomic E-state index is 11.6. The first-order chi connectivity index (χ1) is 9.44. The van der Waals surface area contributed by atoms with Crippen LogP contribution in [0.25, 0.3) is 0 Å². The van der Waals surface area contributed by atoms with Gasteiger partial charge in [0.1, 0.15) is 0 Å². The van der Waals surface area contributed by atoms with Crippen LogP contribution in [0.2, 0.25) is 0 Å². The normalized spacial score (nSPS) is 21.1. The number of imidazole rings is 1. The fourth-order valence-electron chi connectivity index (χ4n) is 3.34. The van der Waals surface area contributed by atoms with Gasteiger partial charge in [-0.3, -0.25) is 4.79 Å². The highest BCUT2D eigenvalue weighted by atomic mass is 16.2. The summed E-state index contributed by atoms with van der Waals surface area (Å²) >= 11 is 0. The second-order valence-corrected chi connectivity index (χ2v) is 7.20. The number of nitrogens with zero attached hydrogens (tertiary/aromatic N) is 3. The number of hydrogen-bond acceptors (Lipinski definition) is 3. The van der Waals surface area contributed by atoms with Crippen molar-refractivity contribution in [3.8, 4) is 0 Å². The summed E-state index contributed by atoms with van der Waals surface area (Å²) in [6, 6.07) is 0.496. The smallest absolute Gasteiger partial charge is 0.272 e. The molecular weight excluding hydrogens is 252 g/mol. The second kappa shape index (κ2) is 4.88. The highest BCUT2D eigenvalue weighted by molar-refractivity contribution is 5.95. The number of carbonyl (C=O) groups excluding carboxylic acids is 1. The lowest BCUT2D eigenvalue weighted by molar-refractivity contribution is 0.0961. The average Bonchev–Trinajstić information content (AvgIpc) is 2.92. The summed E-state index contributed by atoms with van der Waals surface area (Å²) < 4.78 is 2.22. The van der Waals surface area contributed by atoms with Crippen LogP contribution < -0.4 is 5.32 Å². The molecule has 3 rings (SSSR count). The lowest BCUT2D eigenvalue weighted by atomic mass is 9.94. The molecule has 0 saturated carbocycles. The molecule has 2 aliphatic rings. The summed E-state index contributed by atoms with van der Waals surface area (Å²) in [5.41, 5.74) is 2.06. The summed E-state index contributed by atoms with van der Waals surface area (Å²) in [6.45, 7) is 10.9. The molecule has 20 heavy (non-hydrogen) atoms. The lowest BCUT2D eigenvalue weighted by Gasteiger charge is -2.36. The fraction of sp³-hybridized carbons (Fsp3) is 0.733. The van der Waals surface area contributed by atoms with Gasteiger partial charge in [0.2, 0.25) is 0 Å². The Hall–Kier alpha value is -1.36. The van der Waals surface area contributed by atoms with Gasteiger partial charge in [0, 0.05) is 25.7 Å². The molecule has 0 atom stereocenters. The second-order valence-electron chi connectivity index (χ2n) is 7.20. The highest BCUT2D eigenvalue weighted by Crippen LogP contribution is 2.28. The minimum absolute atomic E-state index is 0.0241. The molecule has 1 aromatic rings. The zero-order valence-corrected chi connectivity index (χ0v) is 12.6. The number of amides is 1. The maximum atomic E-state index is 11.6. The molecule has 0 spiro atoms. The van der Waals surface area contributed by atoms with Gasteiger partial charge in [0.05, 0.1) is 18.6 Å². The van der Waals surface area contributed by atoms with E-state index in [4.69, 9.17) is 0 Å². The topological polar surface area (TPSA) is 50.2 Å². The molecule has 0 radical (unpaired) electrons. The van der Waals surface area contributed by atoms with E-state index >= 15 is 0 Å². The Morgan fingerprint density at radius 1 is 1.35 bits per heavy atom. The van der Waals surface area contributed by atoms with Crippen LogP contribution in [0.1, 0.15) is 55.8 Å². The van der Waals surface area contributed by atoms with E-state index in [9.17, 15) is 4.79 Å². The largest absolute Gasteiger partial charge is 0.345 e. The average molecular weight is 276 g/mol. The Morgan fingerprint density at radius 3 is 2.70 bits per heavy atom. The molecule has 0 bridgehead atoms. The van der Waals surface area contributed by atoms with Crippen molar-refractivity contribution in [3.05, 3.63) is 17.7 Å². The van der Waals surface area contributed by atoms with Crippen molar-refractivity contribution in [1.29, 1.82) is 0 Å². The van der Waals surface area contributed by atoms with Gasteiger partial charge in [-0.25, -0.2) is 4.98 Å². The summed E-state index contributed by atoms with van der Waals surface area (Å²) in [4.78, 5) is 18.4. The first-order valence-electron chi connectivity index (χ1n) is 7.50. The Balaban J connectivity index is 1.64. The third-order valence-electron chi connectivity index (χ3n) is 4.18. The molecule has 1 saturated heterocycles. The molecule has 5 nitrogen and oxygen atoms in total. The van der Waals surface area contributed by atoms with E-state index in [1.165, 1.54) is 0 Å². The van der Waals surface area contributed by atoms with Crippen LogP contribution in [-0.2, 0) is 6.54 Å².